The number of hydrogen-bond donors (Lipinski definition) is 2. The normalized spacial score (nSPS) is 11.2. The molecule has 0 saturated heterocycles. The summed E-state index contributed by atoms with van der Waals surface area (Å²) < 4.78 is 6.83. The van der Waals surface area contributed by atoms with Gasteiger partial charge in [-0.2, -0.15) is 10.1 Å². The van der Waals surface area contributed by atoms with Gasteiger partial charge in [0, 0.05) is 25.0 Å². The smallest absolute Gasteiger partial charge is 0.297 e. The Kier molecular flexibility index (Phi) is 5.35. The number of carbonyl (C=O) groups excluding carboxylic acids is 2. The Morgan fingerprint density at radius 1 is 1.03 bits per heavy atom. The number of amides is 2. The number of carbonyl (C=O) groups is 2. The van der Waals surface area contributed by atoms with Gasteiger partial charge < -0.3 is 9.32 Å². The van der Waals surface area contributed by atoms with E-state index in [0.29, 0.717) is 33.5 Å². The van der Waals surface area contributed by atoms with Gasteiger partial charge in [0.05, 0.1) is 11.4 Å². The van der Waals surface area contributed by atoms with Crippen LogP contribution in [0.5, 0.6) is 0 Å². The maximum absolute atomic E-state index is 12.8. The lowest BCUT2D eigenvalue weighted by atomic mass is 10.1. The zero-order valence-electron chi connectivity index (χ0n) is 18.0. The first-order chi connectivity index (χ1) is 15.3. The number of rotatable bonds is 4. The van der Waals surface area contributed by atoms with E-state index in [0.717, 1.165) is 0 Å². The summed E-state index contributed by atoms with van der Waals surface area (Å²) in [7, 11) is 3.60. The van der Waals surface area contributed by atoms with E-state index in [2.05, 4.69) is 20.9 Å². The van der Waals surface area contributed by atoms with Gasteiger partial charge in [-0.3, -0.25) is 25.2 Å². The van der Waals surface area contributed by atoms with Crippen molar-refractivity contribution in [2.45, 2.75) is 19.9 Å². The summed E-state index contributed by atoms with van der Waals surface area (Å²) in [4.78, 5) is 44.1. The molecule has 0 bridgehead atoms. The van der Waals surface area contributed by atoms with Gasteiger partial charge in [-0.1, -0.05) is 18.2 Å². The topological polar surface area (TPSA) is 122 Å². The molecule has 0 aliphatic rings. The second-order valence-corrected chi connectivity index (χ2v) is 7.72. The van der Waals surface area contributed by atoms with Gasteiger partial charge in [-0.25, -0.2) is 4.68 Å². The van der Waals surface area contributed by atoms with Gasteiger partial charge >= 0.3 is 0 Å². The highest BCUT2D eigenvalue weighted by Gasteiger charge is 2.19. The third kappa shape index (κ3) is 3.78. The fourth-order valence-corrected chi connectivity index (χ4v) is 3.22. The van der Waals surface area contributed by atoms with Crippen molar-refractivity contribution in [2.24, 2.45) is 0 Å². The summed E-state index contributed by atoms with van der Waals surface area (Å²) >= 11 is 0. The molecule has 4 rings (SSSR count). The average Bonchev–Trinajstić information content (AvgIpc) is 3.21. The lowest BCUT2D eigenvalue weighted by Crippen LogP contribution is -2.43. The summed E-state index contributed by atoms with van der Waals surface area (Å²) in [5, 5.41) is 5.00. The molecule has 0 aliphatic carbocycles. The van der Waals surface area contributed by atoms with Crippen molar-refractivity contribution in [3.05, 3.63) is 64.1 Å². The van der Waals surface area contributed by atoms with Crippen molar-refractivity contribution in [1.29, 1.82) is 0 Å². The fraction of sp³-hybridized carbons (Fsp3) is 0.227. The molecule has 2 aromatic heterocycles. The quantitative estimate of drug-likeness (QED) is 0.472. The summed E-state index contributed by atoms with van der Waals surface area (Å²) in [6.07, 6.45) is 0. The van der Waals surface area contributed by atoms with E-state index in [-0.39, 0.29) is 17.3 Å². The molecule has 0 fully saturated rings. The molecule has 0 atom stereocenters. The van der Waals surface area contributed by atoms with Crippen LogP contribution in [0.2, 0.25) is 0 Å². The van der Waals surface area contributed by atoms with Crippen molar-refractivity contribution in [3.63, 3.8) is 0 Å². The lowest BCUT2D eigenvalue weighted by Gasteiger charge is -2.13. The number of nitrogens with one attached hydrogen (secondary N) is 2. The second kappa shape index (κ2) is 8.14. The van der Waals surface area contributed by atoms with Gasteiger partial charge in [-0.05, 0) is 38.1 Å². The second-order valence-electron chi connectivity index (χ2n) is 7.72. The summed E-state index contributed by atoms with van der Waals surface area (Å²) in [6.45, 7) is 3.60. The SMILES string of the molecule is CC(C)n1nc(C(=O)NNC(=O)c2ccc3oc(N(C)C)nc3c2)c2ccccc2c1=O. The fourth-order valence-electron chi connectivity index (χ4n) is 3.22. The summed E-state index contributed by atoms with van der Waals surface area (Å²) in [6, 6.07) is 11.7. The first-order valence-corrected chi connectivity index (χ1v) is 9.96. The van der Waals surface area contributed by atoms with Crippen molar-refractivity contribution >= 4 is 39.7 Å². The van der Waals surface area contributed by atoms with Crippen LogP contribution in [-0.2, 0) is 0 Å². The van der Waals surface area contributed by atoms with Crippen molar-refractivity contribution in [3.8, 4) is 0 Å². The van der Waals surface area contributed by atoms with Gasteiger partial charge in [0.25, 0.3) is 23.4 Å². The Bertz CT molecular complexity index is 1400. The first kappa shape index (κ1) is 21.0. The van der Waals surface area contributed by atoms with E-state index in [1.165, 1.54) is 4.68 Å². The van der Waals surface area contributed by atoms with E-state index in [1.54, 1.807) is 75.3 Å². The number of hydrazine groups is 1. The number of benzene rings is 2. The first-order valence-electron chi connectivity index (χ1n) is 9.96. The standard InChI is InChI=1S/C22H22N6O4/c1-12(2)28-21(31)15-8-6-5-7-14(15)18(26-28)20(30)25-24-19(29)13-9-10-17-16(11-13)23-22(32-17)27(3)4/h5-12H,1-4H3,(H,24,29)(H,25,30). The maximum atomic E-state index is 12.8. The van der Waals surface area contributed by atoms with E-state index < -0.39 is 11.8 Å². The van der Waals surface area contributed by atoms with Crippen LogP contribution in [0, 0.1) is 0 Å². The molecule has 0 radical (unpaired) electrons. The van der Waals surface area contributed by atoms with E-state index in [4.69, 9.17) is 4.42 Å². The molecule has 0 aliphatic heterocycles. The predicted octanol–water partition coefficient (Wildman–Crippen LogP) is 2.26. The predicted molar refractivity (Wildman–Crippen MR) is 120 cm³/mol. The molecule has 0 saturated carbocycles. The zero-order chi connectivity index (χ0) is 23.0. The van der Waals surface area contributed by atoms with Crippen molar-refractivity contribution in [1.82, 2.24) is 25.6 Å². The van der Waals surface area contributed by atoms with Crippen LogP contribution in [0.4, 0.5) is 6.01 Å². The molecule has 2 heterocycles. The Hall–Kier alpha value is -4.21. The minimum Gasteiger partial charge on any atom is -0.423 e. The summed E-state index contributed by atoms with van der Waals surface area (Å²) in [5.41, 5.74) is 5.87. The van der Waals surface area contributed by atoms with E-state index in [9.17, 15) is 14.4 Å². The number of oxazole rings is 1. The van der Waals surface area contributed by atoms with E-state index >= 15 is 0 Å². The Balaban J connectivity index is 1.58. The molecule has 2 aromatic carbocycles. The Morgan fingerprint density at radius 3 is 2.41 bits per heavy atom. The van der Waals surface area contributed by atoms with Crippen LogP contribution >= 0.6 is 0 Å². The minimum absolute atomic E-state index is 0.0387. The number of nitrogens with zero attached hydrogens (tertiary/aromatic N) is 4. The molecule has 0 spiro atoms. The molecular formula is C22H22N6O4. The lowest BCUT2D eigenvalue weighted by molar-refractivity contribution is 0.0843. The molecule has 0 unspecified atom stereocenters. The number of hydrogen-bond acceptors (Lipinski definition) is 7. The average molecular weight is 434 g/mol. The largest absolute Gasteiger partial charge is 0.423 e. The van der Waals surface area contributed by atoms with Crippen LogP contribution in [-0.4, -0.2) is 40.7 Å². The highest BCUT2D eigenvalue weighted by Crippen LogP contribution is 2.21. The highest BCUT2D eigenvalue weighted by atomic mass is 16.4. The monoisotopic (exact) mass is 434 g/mol. The third-order valence-electron chi connectivity index (χ3n) is 4.84. The number of aromatic nitrogens is 3. The number of anilines is 1. The van der Waals surface area contributed by atoms with Crippen molar-refractivity contribution < 1.29 is 14.0 Å². The highest BCUT2D eigenvalue weighted by molar-refractivity contribution is 6.06. The van der Waals surface area contributed by atoms with Crippen LogP contribution in [0.15, 0.2) is 51.7 Å². The molecular weight excluding hydrogens is 412 g/mol. The van der Waals surface area contributed by atoms with Crippen molar-refractivity contribution in [2.75, 3.05) is 19.0 Å². The van der Waals surface area contributed by atoms with Crippen LogP contribution in [0.25, 0.3) is 21.9 Å². The Labute approximate surface area is 182 Å². The van der Waals surface area contributed by atoms with E-state index in [1.807, 2.05) is 0 Å². The van der Waals surface area contributed by atoms with Gasteiger partial charge in [0.15, 0.2) is 11.3 Å². The number of fused-ring (bicyclic) bond motifs is 2. The molecule has 32 heavy (non-hydrogen) atoms. The molecule has 4 aromatic rings. The van der Waals surface area contributed by atoms with Crippen LogP contribution in [0.3, 0.4) is 0 Å². The van der Waals surface area contributed by atoms with Gasteiger partial charge in [0.1, 0.15) is 5.52 Å². The zero-order valence-corrected chi connectivity index (χ0v) is 18.0. The molecule has 10 heteroatoms. The summed E-state index contributed by atoms with van der Waals surface area (Å²) in [5.74, 6) is -1.17. The minimum atomic E-state index is -0.638. The molecule has 10 nitrogen and oxygen atoms in total. The molecule has 2 amide bonds. The maximum Gasteiger partial charge on any atom is 0.297 e. The molecule has 164 valence electrons. The van der Waals surface area contributed by atoms with Crippen LogP contribution in [0.1, 0.15) is 40.7 Å². The molecule has 2 N–H and O–H groups in total. The van der Waals surface area contributed by atoms with Crippen LogP contribution < -0.4 is 21.3 Å². The van der Waals surface area contributed by atoms with Gasteiger partial charge in [-0.15, -0.1) is 0 Å². The third-order valence-corrected chi connectivity index (χ3v) is 4.84. The Morgan fingerprint density at radius 2 is 1.72 bits per heavy atom. The van der Waals surface area contributed by atoms with Gasteiger partial charge in [0.2, 0.25) is 0 Å².